The second kappa shape index (κ2) is 12.6. The Bertz CT molecular complexity index is 1300. The van der Waals surface area contributed by atoms with Crippen LogP contribution in [-0.4, -0.2) is 26.1 Å². The molecule has 9 heteroatoms. The van der Waals surface area contributed by atoms with E-state index in [0.717, 1.165) is 12.7 Å². The predicted octanol–water partition coefficient (Wildman–Crippen LogP) is 5.82. The highest BCUT2D eigenvalue weighted by Gasteiger charge is 2.15. The number of nitrogens with zero attached hydrogens (tertiary/aromatic N) is 1. The van der Waals surface area contributed by atoms with Gasteiger partial charge in [0.1, 0.15) is 18.2 Å². The molecule has 0 aliphatic carbocycles. The summed E-state index contributed by atoms with van der Waals surface area (Å²) in [4.78, 5) is 24.2. The minimum Gasteiger partial charge on any atom is -0.493 e. The van der Waals surface area contributed by atoms with Gasteiger partial charge in [-0.25, -0.2) is 4.79 Å². The molecule has 3 rings (SSSR count). The Hall–Kier alpha value is -3.11. The van der Waals surface area contributed by atoms with Crippen LogP contribution in [0, 0.1) is 18.5 Å². The summed E-state index contributed by atoms with van der Waals surface area (Å²) in [5.41, 5.74) is 2.34. The van der Waals surface area contributed by atoms with Crippen LogP contribution in [0.1, 0.15) is 21.5 Å². The molecule has 0 saturated heterocycles. The number of methoxy groups -OCH3 is 2. The van der Waals surface area contributed by atoms with E-state index < -0.39 is 11.9 Å². The average Bonchev–Trinajstić information content (AvgIpc) is 2.87. The average molecular weight is 694 g/mol. The molecule has 0 aromatic heterocycles. The zero-order valence-electron chi connectivity index (χ0n) is 18.8. The van der Waals surface area contributed by atoms with Gasteiger partial charge in [0, 0.05) is 9.26 Å². The van der Waals surface area contributed by atoms with Crippen LogP contribution < -0.4 is 14.8 Å². The fourth-order valence-corrected chi connectivity index (χ4v) is 4.16. The van der Waals surface area contributed by atoms with Crippen LogP contribution in [0.4, 0.5) is 5.69 Å². The molecule has 0 bridgehead atoms. The number of hydrogen-bond acceptors (Lipinski definition) is 6. The Labute approximate surface area is 230 Å². The Morgan fingerprint density at radius 1 is 1.03 bits per heavy atom. The Morgan fingerprint density at radius 3 is 2.31 bits per heavy atom. The molecule has 0 heterocycles. The first-order valence-electron chi connectivity index (χ1n) is 10.2. The first-order valence-corrected chi connectivity index (χ1v) is 12.4. The lowest BCUT2D eigenvalue weighted by atomic mass is 10.1. The molecule has 0 unspecified atom stereocenters. The van der Waals surface area contributed by atoms with Crippen molar-refractivity contribution in [2.24, 2.45) is 0 Å². The van der Waals surface area contributed by atoms with Crippen molar-refractivity contribution in [2.45, 2.75) is 6.61 Å². The highest BCUT2D eigenvalue weighted by Crippen LogP contribution is 2.35. The van der Waals surface area contributed by atoms with Gasteiger partial charge in [0.15, 0.2) is 11.5 Å². The Morgan fingerprint density at radius 2 is 1.71 bits per heavy atom. The van der Waals surface area contributed by atoms with Gasteiger partial charge in [-0.2, -0.15) is 5.26 Å². The number of amides is 1. The van der Waals surface area contributed by atoms with E-state index in [1.165, 1.54) is 32.4 Å². The highest BCUT2D eigenvalue weighted by atomic mass is 127. The molecule has 3 aromatic carbocycles. The van der Waals surface area contributed by atoms with Crippen molar-refractivity contribution in [3.63, 3.8) is 0 Å². The summed E-state index contributed by atoms with van der Waals surface area (Å²) in [6.07, 6.45) is 1.48. The first-order chi connectivity index (χ1) is 16.8. The van der Waals surface area contributed by atoms with Gasteiger partial charge < -0.3 is 19.5 Å². The van der Waals surface area contributed by atoms with E-state index in [4.69, 9.17) is 9.47 Å². The number of nitriles is 1. The number of rotatable bonds is 8. The minimum atomic E-state index is -0.577. The smallest absolute Gasteiger partial charge is 0.337 e. The maximum Gasteiger partial charge on any atom is 0.337 e. The molecule has 3 aromatic rings. The van der Waals surface area contributed by atoms with E-state index in [1.807, 2.05) is 36.4 Å². The number of esters is 1. The normalized spacial score (nSPS) is 10.8. The number of nitrogens with one attached hydrogen (secondary N) is 1. The number of halogens is 2. The van der Waals surface area contributed by atoms with E-state index in [0.29, 0.717) is 34.9 Å². The van der Waals surface area contributed by atoms with Gasteiger partial charge in [0.2, 0.25) is 0 Å². The monoisotopic (exact) mass is 694 g/mol. The number of anilines is 1. The SMILES string of the molecule is COC(=O)c1ccc(NC(=O)/C(C#N)=C/c2cc(I)c(OCc3ccc(I)cc3)c(OC)c2)cc1. The van der Waals surface area contributed by atoms with Crippen molar-refractivity contribution in [3.8, 4) is 17.6 Å². The van der Waals surface area contributed by atoms with Crippen LogP contribution >= 0.6 is 45.2 Å². The summed E-state index contributed by atoms with van der Waals surface area (Å²) in [6.45, 7) is 0.374. The van der Waals surface area contributed by atoms with Gasteiger partial charge in [-0.05, 0) is 111 Å². The van der Waals surface area contributed by atoms with Crippen LogP contribution in [0.15, 0.2) is 66.2 Å². The Balaban J connectivity index is 1.77. The quantitative estimate of drug-likeness (QED) is 0.138. The molecular weight excluding hydrogens is 674 g/mol. The van der Waals surface area contributed by atoms with E-state index in [-0.39, 0.29) is 5.57 Å². The fraction of sp³-hybridized carbons (Fsp3) is 0.115. The summed E-state index contributed by atoms with van der Waals surface area (Å²) in [6, 6.07) is 19.6. The standard InChI is InChI=1S/C26H20I2N2O5/c1-33-23-13-17(12-22(28)24(23)35-15-16-3-7-20(27)8-4-16)11-19(14-29)25(31)30-21-9-5-18(6-10-21)26(32)34-2/h3-13H,15H2,1-2H3,(H,30,31)/b19-11+. The maximum atomic E-state index is 12.7. The molecule has 0 saturated carbocycles. The zero-order chi connectivity index (χ0) is 25.4. The number of ether oxygens (including phenoxy) is 3. The number of hydrogen-bond donors (Lipinski definition) is 1. The minimum absolute atomic E-state index is 0.0903. The lowest BCUT2D eigenvalue weighted by Gasteiger charge is -2.14. The third-order valence-corrected chi connectivity index (χ3v) is 6.31. The van der Waals surface area contributed by atoms with Crippen LogP contribution in [0.25, 0.3) is 6.08 Å². The van der Waals surface area contributed by atoms with Gasteiger partial charge in [0.25, 0.3) is 5.91 Å². The lowest BCUT2D eigenvalue weighted by molar-refractivity contribution is -0.112. The van der Waals surface area contributed by atoms with Crippen LogP contribution in [0.2, 0.25) is 0 Å². The van der Waals surface area contributed by atoms with Crippen molar-refractivity contribution < 1.29 is 23.8 Å². The van der Waals surface area contributed by atoms with Crippen molar-refractivity contribution in [1.29, 1.82) is 5.26 Å². The molecule has 1 N–H and O–H groups in total. The second-order valence-corrected chi connectivity index (χ2v) is 9.55. The summed E-state index contributed by atoms with van der Waals surface area (Å²) in [7, 11) is 2.83. The molecule has 0 fully saturated rings. The van der Waals surface area contributed by atoms with Gasteiger partial charge in [0.05, 0.1) is 23.4 Å². The van der Waals surface area contributed by atoms with E-state index in [2.05, 4.69) is 55.2 Å². The molecule has 0 aliphatic rings. The maximum absolute atomic E-state index is 12.7. The lowest BCUT2D eigenvalue weighted by Crippen LogP contribution is -2.13. The second-order valence-electron chi connectivity index (χ2n) is 7.14. The molecule has 0 atom stereocenters. The molecule has 0 spiro atoms. The van der Waals surface area contributed by atoms with Crippen LogP contribution in [0.5, 0.6) is 11.5 Å². The summed E-state index contributed by atoms with van der Waals surface area (Å²) < 4.78 is 18.1. The molecule has 178 valence electrons. The van der Waals surface area contributed by atoms with Crippen molar-refractivity contribution in [1.82, 2.24) is 0 Å². The van der Waals surface area contributed by atoms with E-state index in [9.17, 15) is 14.9 Å². The van der Waals surface area contributed by atoms with E-state index >= 15 is 0 Å². The van der Waals surface area contributed by atoms with Gasteiger partial charge in [-0.15, -0.1) is 0 Å². The molecular formula is C26H20I2N2O5. The zero-order valence-corrected chi connectivity index (χ0v) is 23.1. The number of carbonyl (C=O) groups is 2. The molecule has 1 amide bonds. The summed E-state index contributed by atoms with van der Waals surface area (Å²) in [5.74, 6) is 0.0172. The topological polar surface area (TPSA) is 97.7 Å². The number of benzene rings is 3. The fourth-order valence-electron chi connectivity index (χ4n) is 3.02. The summed E-state index contributed by atoms with van der Waals surface area (Å²) >= 11 is 4.38. The highest BCUT2D eigenvalue weighted by molar-refractivity contribution is 14.1. The third kappa shape index (κ3) is 7.19. The Kier molecular flexibility index (Phi) is 9.50. The summed E-state index contributed by atoms with van der Waals surface area (Å²) in [5, 5.41) is 12.2. The van der Waals surface area contributed by atoms with Gasteiger partial charge in [-0.3, -0.25) is 4.79 Å². The molecule has 0 aliphatic heterocycles. The van der Waals surface area contributed by atoms with Crippen molar-refractivity contribution >= 4 is 68.8 Å². The van der Waals surface area contributed by atoms with Crippen molar-refractivity contribution in [3.05, 3.63) is 90.1 Å². The van der Waals surface area contributed by atoms with Crippen LogP contribution in [0.3, 0.4) is 0 Å². The van der Waals surface area contributed by atoms with E-state index in [1.54, 1.807) is 18.2 Å². The van der Waals surface area contributed by atoms with Gasteiger partial charge >= 0.3 is 5.97 Å². The van der Waals surface area contributed by atoms with Crippen LogP contribution in [-0.2, 0) is 16.1 Å². The first kappa shape index (κ1) is 26.5. The van der Waals surface area contributed by atoms with Crippen molar-refractivity contribution in [2.75, 3.05) is 19.5 Å². The largest absolute Gasteiger partial charge is 0.493 e. The predicted molar refractivity (Wildman–Crippen MR) is 149 cm³/mol. The third-order valence-electron chi connectivity index (χ3n) is 4.79. The molecule has 35 heavy (non-hydrogen) atoms. The van der Waals surface area contributed by atoms with Gasteiger partial charge in [-0.1, -0.05) is 12.1 Å². The number of carbonyl (C=O) groups excluding carboxylic acids is 2. The molecule has 7 nitrogen and oxygen atoms in total. The molecule has 0 radical (unpaired) electrons.